The van der Waals surface area contributed by atoms with E-state index in [9.17, 15) is 9.59 Å². The van der Waals surface area contributed by atoms with Crippen LogP contribution in [0.25, 0.3) is 0 Å². The van der Waals surface area contributed by atoms with E-state index in [1.165, 1.54) is 12.7 Å². The van der Waals surface area contributed by atoms with Crippen molar-refractivity contribution in [2.45, 2.75) is 72.1 Å². The Kier molecular flexibility index (Phi) is 6.47. The first kappa shape index (κ1) is 21.2. The fourth-order valence-corrected chi connectivity index (χ4v) is 3.65. The van der Waals surface area contributed by atoms with E-state index < -0.39 is 0 Å². The SMILES string of the molecule is CCc1ccccc1[C@H](CC(=O)OC)N[C@@H]1C(C)=C(C)C(=O)N1C(C)(C)C. The number of aryl methyl sites for hydroxylation is 1. The highest BCUT2D eigenvalue weighted by molar-refractivity contribution is 5.97. The Balaban J connectivity index is 2.44. The molecule has 27 heavy (non-hydrogen) atoms. The number of carbonyl (C=O) groups excluding carboxylic acids is 2. The van der Waals surface area contributed by atoms with Gasteiger partial charge in [0.05, 0.1) is 13.5 Å². The number of ether oxygens (including phenoxy) is 1. The van der Waals surface area contributed by atoms with Gasteiger partial charge in [-0.1, -0.05) is 31.2 Å². The molecule has 1 aliphatic heterocycles. The van der Waals surface area contributed by atoms with Crippen LogP contribution in [0, 0.1) is 0 Å². The normalized spacial score (nSPS) is 18.9. The maximum Gasteiger partial charge on any atom is 0.307 e. The first-order valence-corrected chi connectivity index (χ1v) is 9.53. The van der Waals surface area contributed by atoms with Crippen molar-refractivity contribution < 1.29 is 14.3 Å². The molecule has 1 N–H and O–H groups in total. The molecule has 1 amide bonds. The molecule has 0 aliphatic carbocycles. The predicted molar refractivity (Wildman–Crippen MR) is 107 cm³/mol. The van der Waals surface area contributed by atoms with Crippen LogP contribution in [0.1, 0.15) is 65.1 Å². The van der Waals surface area contributed by atoms with Gasteiger partial charge in [-0.25, -0.2) is 0 Å². The highest BCUT2D eigenvalue weighted by Crippen LogP contribution is 2.33. The number of esters is 1. The highest BCUT2D eigenvalue weighted by atomic mass is 16.5. The first-order chi connectivity index (χ1) is 12.6. The summed E-state index contributed by atoms with van der Waals surface area (Å²) in [7, 11) is 1.40. The summed E-state index contributed by atoms with van der Waals surface area (Å²) in [6.07, 6.45) is 0.829. The number of nitrogens with zero attached hydrogens (tertiary/aromatic N) is 1. The van der Waals surface area contributed by atoms with E-state index in [4.69, 9.17) is 4.74 Å². The van der Waals surface area contributed by atoms with Gasteiger partial charge in [0.15, 0.2) is 0 Å². The minimum atomic E-state index is -0.339. The number of amides is 1. The fraction of sp³-hybridized carbons (Fsp3) is 0.545. The molecule has 1 aliphatic rings. The Bertz CT molecular complexity index is 746. The molecule has 1 heterocycles. The minimum Gasteiger partial charge on any atom is -0.469 e. The van der Waals surface area contributed by atoms with Gasteiger partial charge in [0.1, 0.15) is 6.17 Å². The second-order valence-corrected chi connectivity index (χ2v) is 8.11. The van der Waals surface area contributed by atoms with Gasteiger partial charge in [-0.05, 0) is 57.7 Å². The van der Waals surface area contributed by atoms with Gasteiger partial charge < -0.3 is 9.64 Å². The van der Waals surface area contributed by atoms with Crippen molar-refractivity contribution in [3.63, 3.8) is 0 Å². The summed E-state index contributed by atoms with van der Waals surface area (Å²) in [5.74, 6) is -0.235. The summed E-state index contributed by atoms with van der Waals surface area (Å²) in [6.45, 7) is 12.0. The molecular weight excluding hydrogens is 340 g/mol. The monoisotopic (exact) mass is 372 g/mol. The number of hydrogen-bond acceptors (Lipinski definition) is 4. The van der Waals surface area contributed by atoms with E-state index in [0.29, 0.717) is 0 Å². The smallest absolute Gasteiger partial charge is 0.307 e. The third-order valence-electron chi connectivity index (χ3n) is 5.29. The lowest BCUT2D eigenvalue weighted by molar-refractivity contribution is -0.141. The molecule has 1 aromatic carbocycles. The lowest BCUT2D eigenvalue weighted by atomic mass is 9.95. The molecule has 1 aromatic rings. The molecule has 0 bridgehead atoms. The van der Waals surface area contributed by atoms with Crippen LogP contribution in [0.4, 0.5) is 0 Å². The van der Waals surface area contributed by atoms with E-state index in [1.807, 2.05) is 57.7 Å². The topological polar surface area (TPSA) is 58.6 Å². The van der Waals surface area contributed by atoms with Crippen molar-refractivity contribution in [1.82, 2.24) is 10.2 Å². The molecule has 2 atom stereocenters. The average Bonchev–Trinajstić information content (AvgIpc) is 2.84. The maximum atomic E-state index is 12.8. The van der Waals surface area contributed by atoms with Gasteiger partial charge in [0.25, 0.3) is 5.91 Å². The van der Waals surface area contributed by atoms with Crippen molar-refractivity contribution >= 4 is 11.9 Å². The molecule has 0 unspecified atom stereocenters. The molecular formula is C22H32N2O3. The molecule has 0 radical (unpaired) electrons. The predicted octanol–water partition coefficient (Wildman–Crippen LogP) is 3.75. The summed E-state index contributed by atoms with van der Waals surface area (Å²) < 4.78 is 4.93. The number of carbonyl (C=O) groups is 2. The van der Waals surface area contributed by atoms with Crippen molar-refractivity contribution in [2.75, 3.05) is 7.11 Å². The summed E-state index contributed by atoms with van der Waals surface area (Å²) >= 11 is 0. The third kappa shape index (κ3) is 4.41. The Morgan fingerprint density at radius 3 is 2.44 bits per heavy atom. The summed E-state index contributed by atoms with van der Waals surface area (Å²) in [5.41, 5.74) is 3.68. The van der Waals surface area contributed by atoms with Crippen molar-refractivity contribution in [3.8, 4) is 0 Å². The second-order valence-electron chi connectivity index (χ2n) is 8.11. The number of benzene rings is 1. The number of rotatable bonds is 6. The van der Waals surface area contributed by atoms with E-state index in [0.717, 1.165) is 23.1 Å². The minimum absolute atomic E-state index is 0.0399. The number of methoxy groups -OCH3 is 1. The molecule has 148 valence electrons. The van der Waals surface area contributed by atoms with Gasteiger partial charge >= 0.3 is 5.97 Å². The zero-order chi connectivity index (χ0) is 20.4. The Morgan fingerprint density at radius 2 is 1.89 bits per heavy atom. The number of nitrogens with one attached hydrogen (secondary N) is 1. The van der Waals surface area contributed by atoms with E-state index in [-0.39, 0.29) is 36.0 Å². The lowest BCUT2D eigenvalue weighted by Crippen LogP contribution is -2.55. The van der Waals surface area contributed by atoms with E-state index in [1.54, 1.807) is 0 Å². The maximum absolute atomic E-state index is 12.8. The van der Waals surface area contributed by atoms with Crippen molar-refractivity contribution in [2.24, 2.45) is 0 Å². The van der Waals surface area contributed by atoms with E-state index >= 15 is 0 Å². The van der Waals surface area contributed by atoms with Gasteiger partial charge in [-0.3, -0.25) is 14.9 Å². The largest absolute Gasteiger partial charge is 0.469 e. The molecule has 0 saturated heterocycles. The molecule has 0 saturated carbocycles. The third-order valence-corrected chi connectivity index (χ3v) is 5.29. The first-order valence-electron chi connectivity index (χ1n) is 9.53. The Morgan fingerprint density at radius 1 is 1.26 bits per heavy atom. The molecule has 2 rings (SSSR count). The standard InChI is InChI=1S/C22H32N2O3/c1-8-16-11-9-10-12-17(16)18(13-19(25)27-7)23-20-14(2)15(3)21(26)24(20)22(4,5)6/h9-12,18,20,23H,8,13H2,1-7H3/t18-,20-/m0/s1. The van der Waals surface area contributed by atoms with Crippen molar-refractivity contribution in [3.05, 3.63) is 46.5 Å². The Hall–Kier alpha value is -2.14. The van der Waals surface area contributed by atoms with Crippen LogP contribution >= 0.6 is 0 Å². The fourth-order valence-electron chi connectivity index (χ4n) is 3.65. The van der Waals surface area contributed by atoms with Crippen LogP contribution in [-0.2, 0) is 20.7 Å². The van der Waals surface area contributed by atoms with Crippen LogP contribution in [0.3, 0.4) is 0 Å². The highest BCUT2D eigenvalue weighted by Gasteiger charge is 2.42. The number of hydrogen-bond donors (Lipinski definition) is 1. The van der Waals surface area contributed by atoms with Crippen LogP contribution in [0.15, 0.2) is 35.4 Å². The van der Waals surface area contributed by atoms with Gasteiger partial charge in [0, 0.05) is 17.2 Å². The summed E-state index contributed by atoms with van der Waals surface area (Å²) in [5, 5.41) is 3.59. The zero-order valence-electron chi connectivity index (χ0n) is 17.6. The average molecular weight is 373 g/mol. The summed E-state index contributed by atoms with van der Waals surface area (Å²) in [4.78, 5) is 26.8. The van der Waals surface area contributed by atoms with Crippen LogP contribution in [0.5, 0.6) is 0 Å². The zero-order valence-corrected chi connectivity index (χ0v) is 17.6. The summed E-state index contributed by atoms with van der Waals surface area (Å²) in [6, 6.07) is 7.88. The van der Waals surface area contributed by atoms with Gasteiger partial charge in [-0.2, -0.15) is 0 Å². The molecule has 0 fully saturated rings. The van der Waals surface area contributed by atoms with Crippen LogP contribution in [0.2, 0.25) is 0 Å². The van der Waals surface area contributed by atoms with Gasteiger partial charge in [0.2, 0.25) is 0 Å². The van der Waals surface area contributed by atoms with Crippen molar-refractivity contribution in [1.29, 1.82) is 0 Å². The Labute approximate surface area is 162 Å². The van der Waals surface area contributed by atoms with Crippen LogP contribution in [-0.4, -0.2) is 35.6 Å². The quantitative estimate of drug-likeness (QED) is 0.773. The molecule has 0 spiro atoms. The molecule has 5 heteroatoms. The second kappa shape index (κ2) is 8.26. The molecule has 5 nitrogen and oxygen atoms in total. The van der Waals surface area contributed by atoms with E-state index in [2.05, 4.69) is 18.3 Å². The van der Waals surface area contributed by atoms with Crippen LogP contribution < -0.4 is 5.32 Å². The lowest BCUT2D eigenvalue weighted by Gasteiger charge is -2.40. The van der Waals surface area contributed by atoms with Gasteiger partial charge in [-0.15, -0.1) is 0 Å². The molecule has 0 aromatic heterocycles.